The lowest BCUT2D eigenvalue weighted by Gasteiger charge is -2.11. The highest BCUT2D eigenvalue weighted by atomic mass is 35.5. The van der Waals surface area contributed by atoms with Gasteiger partial charge in [0.25, 0.3) is 11.8 Å². The summed E-state index contributed by atoms with van der Waals surface area (Å²) < 4.78 is 5.26. The Morgan fingerprint density at radius 2 is 1.70 bits per heavy atom. The molecule has 0 fully saturated rings. The molecular weight excluding hydrogens is 364 g/mol. The van der Waals surface area contributed by atoms with Crippen LogP contribution in [0, 0.1) is 6.92 Å². The van der Waals surface area contributed by atoms with E-state index in [1.807, 2.05) is 19.1 Å². The normalized spacial score (nSPS) is 11.1. The number of carbonyl (C=O) groups is 2. The highest BCUT2D eigenvalue weighted by Crippen LogP contribution is 2.14. The van der Waals surface area contributed by atoms with Gasteiger partial charge in [0.15, 0.2) is 0 Å². The van der Waals surface area contributed by atoms with Crippen LogP contribution < -0.4 is 10.6 Å². The summed E-state index contributed by atoms with van der Waals surface area (Å²) in [5.74, 6) is -0.443. The van der Waals surface area contributed by atoms with Crippen LogP contribution in [0.25, 0.3) is 6.08 Å². The number of carbonyl (C=O) groups excluding carboxylic acids is 2. The summed E-state index contributed by atoms with van der Waals surface area (Å²) in [6.07, 6.45) is 2.96. The zero-order valence-corrected chi connectivity index (χ0v) is 15.3. The molecule has 5 nitrogen and oxygen atoms in total. The molecule has 2 aromatic carbocycles. The van der Waals surface area contributed by atoms with E-state index in [2.05, 4.69) is 10.6 Å². The third kappa shape index (κ3) is 5.09. The van der Waals surface area contributed by atoms with Crippen LogP contribution in [0.5, 0.6) is 0 Å². The Kier molecular flexibility index (Phi) is 5.74. The fraction of sp³-hybridized carbons (Fsp3) is 0.0476. The number of hydrogen-bond donors (Lipinski definition) is 2. The fourth-order valence-corrected chi connectivity index (χ4v) is 2.43. The molecule has 0 unspecified atom stereocenters. The molecule has 0 aliphatic carbocycles. The van der Waals surface area contributed by atoms with E-state index in [9.17, 15) is 9.59 Å². The minimum absolute atomic E-state index is 0.0606. The molecule has 3 rings (SSSR count). The first-order valence-electron chi connectivity index (χ1n) is 8.21. The van der Waals surface area contributed by atoms with E-state index in [1.54, 1.807) is 48.5 Å². The standard InChI is InChI=1S/C21H17ClN2O3/c1-14-4-10-17(11-5-14)23-21(26)19(13-18-3-2-12-27-18)24-20(25)15-6-8-16(22)9-7-15/h2-13H,1H3,(H,23,26)(H,24,25). The molecule has 0 aliphatic rings. The molecule has 1 heterocycles. The van der Waals surface area contributed by atoms with Gasteiger partial charge in [0.1, 0.15) is 11.5 Å². The van der Waals surface area contributed by atoms with Crippen LogP contribution in [0.1, 0.15) is 21.7 Å². The molecule has 27 heavy (non-hydrogen) atoms. The van der Waals surface area contributed by atoms with Gasteiger partial charge in [-0.05, 0) is 55.5 Å². The monoisotopic (exact) mass is 380 g/mol. The molecule has 2 N–H and O–H groups in total. The van der Waals surface area contributed by atoms with Gasteiger partial charge >= 0.3 is 0 Å². The Morgan fingerprint density at radius 3 is 2.33 bits per heavy atom. The highest BCUT2D eigenvalue weighted by molar-refractivity contribution is 6.30. The molecule has 6 heteroatoms. The van der Waals surface area contributed by atoms with Crippen molar-refractivity contribution in [3.8, 4) is 0 Å². The van der Waals surface area contributed by atoms with Crippen molar-refractivity contribution in [2.45, 2.75) is 6.92 Å². The number of furan rings is 1. The summed E-state index contributed by atoms with van der Waals surface area (Å²) in [6.45, 7) is 1.96. The smallest absolute Gasteiger partial charge is 0.272 e. The summed E-state index contributed by atoms with van der Waals surface area (Å²) in [5, 5.41) is 5.92. The molecule has 136 valence electrons. The zero-order chi connectivity index (χ0) is 19.2. The summed E-state index contributed by atoms with van der Waals surface area (Å²) in [7, 11) is 0. The highest BCUT2D eigenvalue weighted by Gasteiger charge is 2.15. The molecule has 0 atom stereocenters. The predicted octanol–water partition coefficient (Wildman–Crippen LogP) is 4.65. The third-order valence-electron chi connectivity index (χ3n) is 3.74. The Hall–Kier alpha value is -3.31. The van der Waals surface area contributed by atoms with Gasteiger partial charge in [0.2, 0.25) is 0 Å². The van der Waals surface area contributed by atoms with Crippen molar-refractivity contribution in [2.24, 2.45) is 0 Å². The van der Waals surface area contributed by atoms with Crippen molar-refractivity contribution in [3.05, 3.63) is 94.5 Å². The number of benzene rings is 2. The van der Waals surface area contributed by atoms with Crippen molar-refractivity contribution in [3.63, 3.8) is 0 Å². The van der Waals surface area contributed by atoms with Crippen LogP contribution >= 0.6 is 11.6 Å². The number of nitrogens with one attached hydrogen (secondary N) is 2. The molecule has 0 aliphatic heterocycles. The second-order valence-corrected chi connectivity index (χ2v) is 6.29. The molecule has 0 saturated carbocycles. The van der Waals surface area contributed by atoms with E-state index in [4.69, 9.17) is 16.0 Å². The molecule has 1 aromatic heterocycles. The number of hydrogen-bond acceptors (Lipinski definition) is 3. The van der Waals surface area contributed by atoms with E-state index in [-0.39, 0.29) is 5.70 Å². The van der Waals surface area contributed by atoms with Crippen molar-refractivity contribution in [2.75, 3.05) is 5.32 Å². The largest absolute Gasteiger partial charge is 0.465 e. The second-order valence-electron chi connectivity index (χ2n) is 5.85. The van der Waals surface area contributed by atoms with Crippen LogP contribution in [-0.4, -0.2) is 11.8 Å². The van der Waals surface area contributed by atoms with E-state index in [0.717, 1.165) is 5.56 Å². The van der Waals surface area contributed by atoms with Gasteiger partial charge in [-0.2, -0.15) is 0 Å². The molecule has 0 saturated heterocycles. The van der Waals surface area contributed by atoms with Crippen LogP contribution in [-0.2, 0) is 4.79 Å². The summed E-state index contributed by atoms with van der Waals surface area (Å²) in [4.78, 5) is 25.2. The predicted molar refractivity (Wildman–Crippen MR) is 105 cm³/mol. The van der Waals surface area contributed by atoms with E-state index in [1.165, 1.54) is 12.3 Å². The summed E-state index contributed by atoms with van der Waals surface area (Å²) >= 11 is 5.85. The van der Waals surface area contributed by atoms with Gasteiger partial charge in [0, 0.05) is 22.3 Å². The Morgan fingerprint density at radius 1 is 1.00 bits per heavy atom. The third-order valence-corrected chi connectivity index (χ3v) is 3.99. The number of anilines is 1. The maximum absolute atomic E-state index is 12.7. The second kappa shape index (κ2) is 8.38. The van der Waals surface area contributed by atoms with Crippen molar-refractivity contribution in [1.29, 1.82) is 0 Å². The number of halogens is 1. The van der Waals surface area contributed by atoms with Crippen LogP contribution in [0.2, 0.25) is 5.02 Å². The van der Waals surface area contributed by atoms with E-state index < -0.39 is 11.8 Å². The lowest BCUT2D eigenvalue weighted by Crippen LogP contribution is -2.30. The summed E-state index contributed by atoms with van der Waals surface area (Å²) in [5.41, 5.74) is 2.14. The maximum Gasteiger partial charge on any atom is 0.272 e. The van der Waals surface area contributed by atoms with Crippen LogP contribution in [0.3, 0.4) is 0 Å². The van der Waals surface area contributed by atoms with Gasteiger partial charge in [0.05, 0.1) is 6.26 Å². The molecular formula is C21H17ClN2O3. The van der Waals surface area contributed by atoms with Gasteiger partial charge in [-0.3, -0.25) is 9.59 Å². The first-order valence-corrected chi connectivity index (χ1v) is 8.59. The first kappa shape index (κ1) is 18.5. The zero-order valence-electron chi connectivity index (χ0n) is 14.5. The molecule has 0 spiro atoms. The molecule has 0 radical (unpaired) electrons. The minimum Gasteiger partial charge on any atom is -0.465 e. The molecule has 3 aromatic rings. The van der Waals surface area contributed by atoms with Crippen molar-refractivity contribution >= 4 is 35.2 Å². The Labute approximate surface area is 161 Å². The lowest BCUT2D eigenvalue weighted by atomic mass is 10.2. The maximum atomic E-state index is 12.7. The Bertz CT molecular complexity index is 960. The number of rotatable bonds is 5. The topological polar surface area (TPSA) is 71.3 Å². The van der Waals surface area contributed by atoms with Crippen molar-refractivity contribution < 1.29 is 14.0 Å². The van der Waals surface area contributed by atoms with Crippen molar-refractivity contribution in [1.82, 2.24) is 5.32 Å². The summed E-state index contributed by atoms with van der Waals surface area (Å²) in [6, 6.07) is 17.1. The quantitative estimate of drug-likeness (QED) is 0.633. The lowest BCUT2D eigenvalue weighted by molar-refractivity contribution is -0.113. The number of aryl methyl sites for hydroxylation is 1. The minimum atomic E-state index is -0.461. The van der Waals surface area contributed by atoms with E-state index in [0.29, 0.717) is 22.0 Å². The van der Waals surface area contributed by atoms with Crippen LogP contribution in [0.4, 0.5) is 5.69 Å². The van der Waals surface area contributed by atoms with Gasteiger partial charge < -0.3 is 15.1 Å². The van der Waals surface area contributed by atoms with E-state index >= 15 is 0 Å². The number of amides is 2. The molecule has 0 bridgehead atoms. The SMILES string of the molecule is Cc1ccc(NC(=O)C(=Cc2ccco2)NC(=O)c2ccc(Cl)cc2)cc1. The fourth-order valence-electron chi connectivity index (χ4n) is 2.31. The average molecular weight is 381 g/mol. The Balaban J connectivity index is 1.82. The molecule has 2 amide bonds. The average Bonchev–Trinajstić information content (AvgIpc) is 3.16. The van der Waals surface area contributed by atoms with Crippen LogP contribution in [0.15, 0.2) is 77.0 Å². The first-order chi connectivity index (χ1) is 13.0. The van der Waals surface area contributed by atoms with Gasteiger partial charge in [-0.25, -0.2) is 0 Å². The van der Waals surface area contributed by atoms with Gasteiger partial charge in [-0.15, -0.1) is 0 Å². The van der Waals surface area contributed by atoms with Gasteiger partial charge in [-0.1, -0.05) is 29.3 Å².